The van der Waals surface area contributed by atoms with Crippen LogP contribution in [0, 0.1) is 0 Å². The topological polar surface area (TPSA) is 18.5 Å². The highest BCUT2D eigenvalue weighted by Crippen LogP contribution is 2.30. The fourth-order valence-electron chi connectivity index (χ4n) is 1.24. The van der Waals surface area contributed by atoms with Gasteiger partial charge < -0.3 is 9.47 Å². The summed E-state index contributed by atoms with van der Waals surface area (Å²) in [6, 6.07) is 7.96. The maximum absolute atomic E-state index is 5.28. The lowest BCUT2D eigenvalue weighted by molar-refractivity contribution is -0.0512. The van der Waals surface area contributed by atoms with Crippen molar-refractivity contribution in [3.63, 3.8) is 0 Å². The summed E-state index contributed by atoms with van der Waals surface area (Å²) in [4.78, 5) is 0. The van der Waals surface area contributed by atoms with Gasteiger partial charge in [-0.1, -0.05) is 18.2 Å². The van der Waals surface area contributed by atoms with Gasteiger partial charge in [-0.25, -0.2) is 0 Å². The fraction of sp³-hybridized carbons (Fsp3) is 0.333. The normalized spacial score (nSPS) is 22.1. The molecule has 0 bridgehead atoms. The molecule has 0 saturated heterocycles. The summed E-state index contributed by atoms with van der Waals surface area (Å²) in [5, 5.41) is 0. The van der Waals surface area contributed by atoms with Crippen LogP contribution in [-0.2, 0) is 4.74 Å². The molecule has 1 aliphatic heterocycles. The summed E-state index contributed by atoms with van der Waals surface area (Å²) in [6.07, 6.45) is 0.167. The molecule has 2 heteroatoms. The van der Waals surface area contributed by atoms with Crippen molar-refractivity contribution in [1.82, 2.24) is 0 Å². The van der Waals surface area contributed by atoms with E-state index in [0.717, 1.165) is 11.3 Å². The maximum atomic E-state index is 5.28. The third-order valence-electron chi connectivity index (χ3n) is 1.89. The summed E-state index contributed by atoms with van der Waals surface area (Å²) in [7, 11) is 0. The summed E-state index contributed by atoms with van der Waals surface area (Å²) < 4.78 is 10.6. The molecule has 1 heterocycles. The Morgan fingerprint density at radius 2 is 2.18 bits per heavy atom. The zero-order chi connectivity index (χ0) is 7.68. The van der Waals surface area contributed by atoms with E-state index in [1.54, 1.807) is 0 Å². The molecule has 0 fully saturated rings. The van der Waals surface area contributed by atoms with Gasteiger partial charge in [-0.3, -0.25) is 0 Å². The Morgan fingerprint density at radius 3 is 3.00 bits per heavy atom. The van der Waals surface area contributed by atoms with Crippen LogP contribution in [0.5, 0.6) is 5.75 Å². The number of hydrogen-bond acceptors (Lipinski definition) is 2. The lowest BCUT2D eigenvalue weighted by atomic mass is 10.1. The summed E-state index contributed by atoms with van der Waals surface area (Å²) in [5.74, 6) is 0.950. The molecule has 1 aromatic rings. The Balaban J connectivity index is 2.44. The molecule has 11 heavy (non-hydrogen) atoms. The molecular formula is C9H10O2. The van der Waals surface area contributed by atoms with E-state index in [1.165, 1.54) is 0 Å². The first-order chi connectivity index (χ1) is 5.38. The predicted molar refractivity (Wildman–Crippen MR) is 41.4 cm³/mol. The quantitative estimate of drug-likeness (QED) is 0.564. The van der Waals surface area contributed by atoms with Gasteiger partial charge in [-0.05, 0) is 13.0 Å². The third-order valence-corrected chi connectivity index (χ3v) is 1.89. The van der Waals surface area contributed by atoms with Gasteiger partial charge in [0.05, 0.1) is 6.10 Å². The van der Waals surface area contributed by atoms with Crippen molar-refractivity contribution in [2.24, 2.45) is 0 Å². The first kappa shape index (κ1) is 6.68. The number of fused-ring (bicyclic) bond motifs is 1. The van der Waals surface area contributed by atoms with E-state index >= 15 is 0 Å². The van der Waals surface area contributed by atoms with E-state index < -0.39 is 0 Å². The van der Waals surface area contributed by atoms with Gasteiger partial charge in [0.25, 0.3) is 0 Å². The number of para-hydroxylation sites is 1. The standard InChI is InChI=1S/C9H10O2/c1-7-8-4-2-3-5-9(8)11-6-10-7/h2-5,7H,6H2,1H3. The van der Waals surface area contributed by atoms with E-state index in [-0.39, 0.29) is 6.10 Å². The van der Waals surface area contributed by atoms with Crippen LogP contribution in [0.2, 0.25) is 0 Å². The van der Waals surface area contributed by atoms with Crippen LogP contribution in [-0.4, -0.2) is 6.79 Å². The van der Waals surface area contributed by atoms with Gasteiger partial charge in [0.2, 0.25) is 0 Å². The molecule has 58 valence electrons. The summed E-state index contributed by atoms with van der Waals surface area (Å²) in [5.41, 5.74) is 1.14. The smallest absolute Gasteiger partial charge is 0.189 e. The number of ether oxygens (including phenoxy) is 2. The van der Waals surface area contributed by atoms with Crippen LogP contribution in [0.3, 0.4) is 0 Å². The van der Waals surface area contributed by atoms with Crippen LogP contribution < -0.4 is 4.74 Å². The maximum Gasteiger partial charge on any atom is 0.189 e. The van der Waals surface area contributed by atoms with E-state index in [2.05, 4.69) is 0 Å². The monoisotopic (exact) mass is 150 g/mol. The molecule has 2 rings (SSSR count). The Morgan fingerprint density at radius 1 is 1.36 bits per heavy atom. The summed E-state index contributed by atoms with van der Waals surface area (Å²) in [6.45, 7) is 2.40. The van der Waals surface area contributed by atoms with Gasteiger partial charge in [0, 0.05) is 5.56 Å². The SMILES string of the molecule is CC1OCOc2ccccc21. The van der Waals surface area contributed by atoms with E-state index in [4.69, 9.17) is 9.47 Å². The second-order valence-corrected chi connectivity index (χ2v) is 2.61. The molecule has 0 N–H and O–H groups in total. The Labute approximate surface area is 65.7 Å². The minimum absolute atomic E-state index is 0.167. The molecule has 0 spiro atoms. The second-order valence-electron chi connectivity index (χ2n) is 2.61. The van der Waals surface area contributed by atoms with Crippen molar-refractivity contribution in [3.8, 4) is 5.75 Å². The van der Waals surface area contributed by atoms with E-state index in [0.29, 0.717) is 6.79 Å². The van der Waals surface area contributed by atoms with E-state index in [9.17, 15) is 0 Å². The highest BCUT2D eigenvalue weighted by molar-refractivity contribution is 5.35. The Bertz CT molecular complexity index is 257. The van der Waals surface area contributed by atoms with Gasteiger partial charge in [0.15, 0.2) is 6.79 Å². The molecule has 2 nitrogen and oxygen atoms in total. The predicted octanol–water partition coefficient (Wildman–Crippen LogP) is 2.11. The molecule has 1 unspecified atom stereocenters. The van der Waals surface area contributed by atoms with Crippen molar-refractivity contribution in [2.45, 2.75) is 13.0 Å². The molecule has 0 aromatic heterocycles. The van der Waals surface area contributed by atoms with Gasteiger partial charge in [-0.15, -0.1) is 0 Å². The van der Waals surface area contributed by atoms with Gasteiger partial charge in [0.1, 0.15) is 5.75 Å². The number of benzene rings is 1. The summed E-state index contributed by atoms with van der Waals surface area (Å²) >= 11 is 0. The zero-order valence-electron chi connectivity index (χ0n) is 6.41. The first-order valence-corrected chi connectivity index (χ1v) is 3.71. The zero-order valence-corrected chi connectivity index (χ0v) is 6.41. The third kappa shape index (κ3) is 1.10. The molecule has 1 aromatic carbocycles. The largest absolute Gasteiger partial charge is 0.467 e. The Kier molecular flexibility index (Phi) is 1.55. The molecule has 0 saturated carbocycles. The van der Waals surface area contributed by atoms with Crippen molar-refractivity contribution >= 4 is 0 Å². The van der Waals surface area contributed by atoms with Crippen molar-refractivity contribution in [3.05, 3.63) is 29.8 Å². The van der Waals surface area contributed by atoms with Crippen LogP contribution in [0.4, 0.5) is 0 Å². The van der Waals surface area contributed by atoms with Gasteiger partial charge >= 0.3 is 0 Å². The molecule has 0 aliphatic carbocycles. The minimum atomic E-state index is 0.167. The lowest BCUT2D eigenvalue weighted by Crippen LogP contribution is -2.14. The Hall–Kier alpha value is -1.02. The highest BCUT2D eigenvalue weighted by atomic mass is 16.7. The van der Waals surface area contributed by atoms with Crippen LogP contribution in [0.15, 0.2) is 24.3 Å². The van der Waals surface area contributed by atoms with Crippen LogP contribution >= 0.6 is 0 Å². The minimum Gasteiger partial charge on any atom is -0.467 e. The van der Waals surface area contributed by atoms with Gasteiger partial charge in [-0.2, -0.15) is 0 Å². The first-order valence-electron chi connectivity index (χ1n) is 3.71. The highest BCUT2D eigenvalue weighted by Gasteiger charge is 2.15. The van der Waals surface area contributed by atoms with E-state index in [1.807, 2.05) is 31.2 Å². The lowest BCUT2D eigenvalue weighted by Gasteiger charge is -2.22. The molecule has 0 amide bonds. The molecule has 1 atom stereocenters. The molecule has 1 aliphatic rings. The number of rotatable bonds is 0. The second kappa shape index (κ2) is 2.55. The average molecular weight is 150 g/mol. The van der Waals surface area contributed by atoms with Crippen molar-refractivity contribution in [2.75, 3.05) is 6.79 Å². The molecular weight excluding hydrogens is 140 g/mol. The van der Waals surface area contributed by atoms with Crippen molar-refractivity contribution in [1.29, 1.82) is 0 Å². The fourth-order valence-corrected chi connectivity index (χ4v) is 1.24. The van der Waals surface area contributed by atoms with Crippen LogP contribution in [0.25, 0.3) is 0 Å². The average Bonchev–Trinajstić information content (AvgIpc) is 2.06. The van der Waals surface area contributed by atoms with Crippen molar-refractivity contribution < 1.29 is 9.47 Å². The number of hydrogen-bond donors (Lipinski definition) is 0. The molecule has 0 radical (unpaired) electrons. The van der Waals surface area contributed by atoms with Crippen LogP contribution in [0.1, 0.15) is 18.6 Å².